The Kier molecular flexibility index (Phi) is 3.90. The monoisotopic (exact) mass is 308 g/mol. The van der Waals surface area contributed by atoms with Crippen molar-refractivity contribution >= 4 is 16.2 Å². The molecule has 4 nitrogen and oxygen atoms in total. The van der Waals surface area contributed by atoms with Gasteiger partial charge in [-0.2, -0.15) is 8.42 Å². The van der Waals surface area contributed by atoms with Crippen LogP contribution in [0.2, 0.25) is 0 Å². The van der Waals surface area contributed by atoms with Crippen molar-refractivity contribution in [1.82, 2.24) is 0 Å². The van der Waals surface area contributed by atoms with Gasteiger partial charge in [-0.1, -0.05) is 24.8 Å². The van der Waals surface area contributed by atoms with E-state index >= 15 is 0 Å². The molecule has 0 bridgehead atoms. The van der Waals surface area contributed by atoms with Crippen LogP contribution in [-0.2, 0) is 19.0 Å². The van der Waals surface area contributed by atoms with E-state index in [-0.39, 0.29) is 16.9 Å². The highest BCUT2D eigenvalue weighted by molar-refractivity contribution is 7.86. The molecule has 0 radical (unpaired) electrons. The van der Waals surface area contributed by atoms with Gasteiger partial charge in [0.2, 0.25) is 0 Å². The third kappa shape index (κ3) is 3.20. The van der Waals surface area contributed by atoms with E-state index < -0.39 is 10.1 Å². The van der Waals surface area contributed by atoms with E-state index in [1.165, 1.54) is 0 Å². The smallest absolute Gasteiger partial charge is 0.297 e. The Hall–Kier alpha value is -1.17. The second-order valence-electron chi connectivity index (χ2n) is 5.81. The van der Waals surface area contributed by atoms with Crippen LogP contribution in [0.15, 0.2) is 35.7 Å². The molecule has 0 aromatic heterocycles. The highest BCUT2D eigenvalue weighted by atomic mass is 32.2. The summed E-state index contributed by atoms with van der Waals surface area (Å²) in [5.74, 6) is 0.246. The van der Waals surface area contributed by atoms with Crippen LogP contribution in [0.3, 0.4) is 0 Å². The molecule has 1 aliphatic carbocycles. The molecule has 4 unspecified atom stereocenters. The van der Waals surface area contributed by atoms with Gasteiger partial charge in [0.1, 0.15) is 0 Å². The molecule has 2 aliphatic rings. The zero-order valence-electron chi connectivity index (χ0n) is 12.1. The van der Waals surface area contributed by atoms with Gasteiger partial charge in [0.05, 0.1) is 23.2 Å². The van der Waals surface area contributed by atoms with Crippen molar-refractivity contribution in [2.24, 2.45) is 5.92 Å². The molecule has 1 aromatic carbocycles. The Morgan fingerprint density at radius 2 is 2.00 bits per heavy atom. The van der Waals surface area contributed by atoms with E-state index in [4.69, 9.17) is 8.92 Å². The molecule has 1 aromatic rings. The van der Waals surface area contributed by atoms with Crippen LogP contribution in [0.5, 0.6) is 0 Å². The summed E-state index contributed by atoms with van der Waals surface area (Å²) in [4.78, 5) is 0.191. The standard InChI is InChI=1S/C16H20O4S/c1-3-12-4-7-14(8-5-12)21(17,18)20-11(2)13-6-9-15-16(10-13)19-15/h3-5,7-8,11,13,15-16H,1,6,9-10H2,2H3. The van der Waals surface area contributed by atoms with Crippen molar-refractivity contribution in [3.05, 3.63) is 36.4 Å². The fourth-order valence-corrected chi connectivity index (χ4v) is 4.10. The molecule has 2 fully saturated rings. The summed E-state index contributed by atoms with van der Waals surface area (Å²) in [5.41, 5.74) is 0.881. The van der Waals surface area contributed by atoms with Crippen LogP contribution < -0.4 is 0 Å². The van der Waals surface area contributed by atoms with Gasteiger partial charge in [-0.25, -0.2) is 0 Å². The first-order valence-corrected chi connectivity index (χ1v) is 8.71. The Balaban J connectivity index is 1.67. The van der Waals surface area contributed by atoms with E-state index in [2.05, 4.69) is 6.58 Å². The zero-order chi connectivity index (χ0) is 15.0. The lowest BCUT2D eigenvalue weighted by atomic mass is 9.86. The third-order valence-corrected chi connectivity index (χ3v) is 5.80. The van der Waals surface area contributed by atoms with Gasteiger partial charge < -0.3 is 4.74 Å². The number of hydrogen-bond donors (Lipinski definition) is 0. The normalized spacial score (nSPS) is 29.5. The minimum absolute atomic E-state index is 0.191. The van der Waals surface area contributed by atoms with E-state index in [9.17, 15) is 8.42 Å². The van der Waals surface area contributed by atoms with Crippen LogP contribution in [0.1, 0.15) is 31.7 Å². The number of rotatable bonds is 5. The van der Waals surface area contributed by atoms with Gasteiger partial charge in [0, 0.05) is 0 Å². The molecule has 5 heteroatoms. The zero-order valence-corrected chi connectivity index (χ0v) is 12.9. The molecule has 0 amide bonds. The molecule has 1 aliphatic heterocycles. The van der Waals surface area contributed by atoms with E-state index in [1.807, 2.05) is 6.92 Å². The molecule has 3 rings (SSSR count). The van der Waals surface area contributed by atoms with Crippen molar-refractivity contribution in [1.29, 1.82) is 0 Å². The Labute approximate surface area is 125 Å². The van der Waals surface area contributed by atoms with Gasteiger partial charge >= 0.3 is 0 Å². The molecule has 1 saturated carbocycles. The molecule has 4 atom stereocenters. The Morgan fingerprint density at radius 3 is 2.62 bits per heavy atom. The summed E-state index contributed by atoms with van der Waals surface area (Å²) >= 11 is 0. The molecule has 21 heavy (non-hydrogen) atoms. The third-order valence-electron chi connectivity index (χ3n) is 4.39. The first-order valence-electron chi connectivity index (χ1n) is 7.31. The molecule has 0 N–H and O–H groups in total. The summed E-state index contributed by atoms with van der Waals surface area (Å²) < 4.78 is 35.5. The highest BCUT2D eigenvalue weighted by Crippen LogP contribution is 2.41. The average Bonchev–Trinajstić information content (AvgIpc) is 3.25. The first kappa shape index (κ1) is 14.8. The summed E-state index contributed by atoms with van der Waals surface area (Å²) in [6.45, 7) is 5.49. The fraction of sp³-hybridized carbons (Fsp3) is 0.500. The predicted octanol–water partition coefficient (Wildman–Crippen LogP) is 2.99. The lowest BCUT2D eigenvalue weighted by Crippen LogP contribution is -2.28. The number of epoxide rings is 1. The first-order chi connectivity index (χ1) is 9.99. The molecule has 1 heterocycles. The summed E-state index contributed by atoms with van der Waals surface area (Å²) in [6, 6.07) is 6.55. The van der Waals surface area contributed by atoms with Crippen LogP contribution in [0.25, 0.3) is 6.08 Å². The van der Waals surface area contributed by atoms with Crippen LogP contribution >= 0.6 is 0 Å². The maximum Gasteiger partial charge on any atom is 0.297 e. The average molecular weight is 308 g/mol. The van der Waals surface area contributed by atoms with Crippen LogP contribution in [0, 0.1) is 5.92 Å². The van der Waals surface area contributed by atoms with Crippen LogP contribution in [-0.4, -0.2) is 26.7 Å². The quantitative estimate of drug-likeness (QED) is 0.620. The van der Waals surface area contributed by atoms with Gasteiger partial charge in [-0.05, 0) is 49.8 Å². The SMILES string of the molecule is C=Cc1ccc(S(=O)(=O)OC(C)C2CCC3OC3C2)cc1. The van der Waals surface area contributed by atoms with Gasteiger partial charge in [0.15, 0.2) is 0 Å². The van der Waals surface area contributed by atoms with Crippen molar-refractivity contribution in [2.75, 3.05) is 0 Å². The molecule has 1 saturated heterocycles. The summed E-state index contributed by atoms with van der Waals surface area (Å²) in [5, 5.41) is 0. The molecule has 0 spiro atoms. The number of ether oxygens (including phenoxy) is 1. The van der Waals surface area contributed by atoms with E-state index in [0.29, 0.717) is 12.2 Å². The van der Waals surface area contributed by atoms with Crippen molar-refractivity contribution in [3.8, 4) is 0 Å². The predicted molar refractivity (Wildman–Crippen MR) is 80.3 cm³/mol. The molecule has 114 valence electrons. The number of benzene rings is 1. The van der Waals surface area contributed by atoms with Crippen molar-refractivity contribution < 1.29 is 17.3 Å². The maximum absolute atomic E-state index is 12.3. The summed E-state index contributed by atoms with van der Waals surface area (Å²) in [7, 11) is -3.71. The van der Waals surface area contributed by atoms with Gasteiger partial charge in [0.25, 0.3) is 10.1 Å². The Bertz CT molecular complexity index is 620. The molecular weight excluding hydrogens is 288 g/mol. The largest absolute Gasteiger partial charge is 0.370 e. The van der Waals surface area contributed by atoms with Crippen molar-refractivity contribution in [2.45, 2.75) is 49.4 Å². The molecular formula is C16H20O4S. The van der Waals surface area contributed by atoms with Crippen LogP contribution in [0.4, 0.5) is 0 Å². The number of fused-ring (bicyclic) bond motifs is 1. The fourth-order valence-electron chi connectivity index (χ4n) is 2.97. The topological polar surface area (TPSA) is 55.9 Å². The highest BCUT2D eigenvalue weighted by Gasteiger charge is 2.45. The second-order valence-corrected chi connectivity index (χ2v) is 7.39. The lowest BCUT2D eigenvalue weighted by Gasteiger charge is -2.25. The lowest BCUT2D eigenvalue weighted by molar-refractivity contribution is 0.135. The van der Waals surface area contributed by atoms with E-state index in [0.717, 1.165) is 24.8 Å². The van der Waals surface area contributed by atoms with Gasteiger partial charge in [-0.3, -0.25) is 4.18 Å². The number of hydrogen-bond acceptors (Lipinski definition) is 4. The minimum atomic E-state index is -3.71. The minimum Gasteiger partial charge on any atom is -0.370 e. The summed E-state index contributed by atoms with van der Waals surface area (Å²) in [6.07, 6.45) is 4.97. The van der Waals surface area contributed by atoms with E-state index in [1.54, 1.807) is 30.3 Å². The maximum atomic E-state index is 12.3. The van der Waals surface area contributed by atoms with Crippen molar-refractivity contribution in [3.63, 3.8) is 0 Å². The second kappa shape index (κ2) is 5.55. The Morgan fingerprint density at radius 1 is 1.29 bits per heavy atom. The van der Waals surface area contributed by atoms with Gasteiger partial charge in [-0.15, -0.1) is 0 Å².